The van der Waals surface area contributed by atoms with Gasteiger partial charge in [-0.05, 0) is 47.0 Å². The molecular formula is C29H24N4O. The van der Waals surface area contributed by atoms with Crippen molar-refractivity contribution >= 4 is 32.6 Å². The van der Waals surface area contributed by atoms with Crippen LogP contribution >= 0.6 is 0 Å². The largest absolute Gasteiger partial charge is 0.486 e. The molecule has 0 bridgehead atoms. The highest BCUT2D eigenvalue weighted by atomic mass is 16.5. The van der Waals surface area contributed by atoms with Gasteiger partial charge in [0, 0.05) is 22.3 Å². The van der Waals surface area contributed by atoms with E-state index in [0.29, 0.717) is 12.5 Å². The number of aromatic amines is 2. The molecule has 0 unspecified atom stereocenters. The third-order valence-corrected chi connectivity index (χ3v) is 6.88. The molecule has 2 aromatic heterocycles. The molecule has 1 aliphatic heterocycles. The van der Waals surface area contributed by atoms with Crippen molar-refractivity contribution in [2.75, 3.05) is 0 Å². The fraction of sp³-hybridized carbons (Fsp3) is 0.172. The first-order valence-electron chi connectivity index (χ1n) is 11.7. The van der Waals surface area contributed by atoms with Gasteiger partial charge in [0.15, 0.2) is 0 Å². The molecule has 0 saturated heterocycles. The summed E-state index contributed by atoms with van der Waals surface area (Å²) in [5, 5.41) is 4.83. The van der Waals surface area contributed by atoms with Gasteiger partial charge in [0.2, 0.25) is 0 Å². The summed E-state index contributed by atoms with van der Waals surface area (Å²) in [6.45, 7) is 6.82. The number of hydrogen-bond acceptors (Lipinski definition) is 3. The molecule has 0 spiro atoms. The third-order valence-electron chi connectivity index (χ3n) is 6.88. The van der Waals surface area contributed by atoms with Gasteiger partial charge in [-0.2, -0.15) is 0 Å². The quantitative estimate of drug-likeness (QED) is 0.276. The second kappa shape index (κ2) is 6.94. The van der Waals surface area contributed by atoms with E-state index in [0.717, 1.165) is 50.9 Å². The van der Waals surface area contributed by atoms with Crippen LogP contribution in [0.1, 0.15) is 37.1 Å². The number of imidazole rings is 2. The summed E-state index contributed by atoms with van der Waals surface area (Å²) in [4.78, 5) is 16.5. The topological polar surface area (TPSA) is 66.6 Å². The maximum absolute atomic E-state index is 6.07. The standard InChI is InChI=1S/C29H24N4O/c1-15(2)29-32-27-20-7-5-4-6-19(20)23-12-17(8-10-21(23)28(27)33-29)18-9-11-22-25(13-18)34-14-24-26(22)31-16(3)30-24/h4-13,15H,14H2,1-3H3,(H,30,31)(H,32,33). The normalized spacial score (nSPS) is 12.9. The van der Waals surface area contributed by atoms with Crippen LogP contribution in [0.2, 0.25) is 0 Å². The van der Waals surface area contributed by atoms with Crippen LogP contribution in [0.4, 0.5) is 0 Å². The fourth-order valence-corrected chi connectivity index (χ4v) is 5.18. The second-order valence-corrected chi connectivity index (χ2v) is 9.45. The van der Waals surface area contributed by atoms with Crippen molar-refractivity contribution in [3.63, 3.8) is 0 Å². The molecule has 2 N–H and O–H groups in total. The number of rotatable bonds is 2. The zero-order chi connectivity index (χ0) is 23.0. The number of nitrogens with zero attached hydrogens (tertiary/aromatic N) is 2. The monoisotopic (exact) mass is 444 g/mol. The van der Waals surface area contributed by atoms with Gasteiger partial charge in [-0.1, -0.05) is 56.3 Å². The maximum Gasteiger partial charge on any atom is 0.132 e. The van der Waals surface area contributed by atoms with Crippen molar-refractivity contribution in [2.45, 2.75) is 33.3 Å². The predicted octanol–water partition coefficient (Wildman–Crippen LogP) is 7.25. The number of ether oxygens (including phenoxy) is 1. The van der Waals surface area contributed by atoms with Gasteiger partial charge in [-0.15, -0.1) is 0 Å². The number of aryl methyl sites for hydroxylation is 1. The summed E-state index contributed by atoms with van der Waals surface area (Å²) in [6, 6.07) is 21.7. The third kappa shape index (κ3) is 2.73. The molecule has 0 aliphatic carbocycles. The summed E-state index contributed by atoms with van der Waals surface area (Å²) in [5.41, 5.74) is 7.57. The molecular weight excluding hydrogens is 420 g/mol. The van der Waals surface area contributed by atoms with Crippen LogP contribution in [-0.4, -0.2) is 19.9 Å². The summed E-state index contributed by atoms with van der Waals surface area (Å²) in [7, 11) is 0. The van der Waals surface area contributed by atoms with Crippen LogP contribution in [0.15, 0.2) is 60.7 Å². The summed E-state index contributed by atoms with van der Waals surface area (Å²) in [6.07, 6.45) is 0. The van der Waals surface area contributed by atoms with Crippen molar-refractivity contribution in [3.8, 4) is 28.1 Å². The number of H-pyrrole nitrogens is 2. The van der Waals surface area contributed by atoms with E-state index in [1.54, 1.807) is 0 Å². The number of fused-ring (bicyclic) bond motifs is 9. The van der Waals surface area contributed by atoms with Crippen LogP contribution < -0.4 is 4.74 Å². The van der Waals surface area contributed by atoms with E-state index in [9.17, 15) is 0 Å². The van der Waals surface area contributed by atoms with Crippen molar-refractivity contribution < 1.29 is 4.74 Å². The zero-order valence-electron chi connectivity index (χ0n) is 19.4. The Kier molecular flexibility index (Phi) is 3.95. The van der Waals surface area contributed by atoms with Gasteiger partial charge in [0.1, 0.15) is 29.7 Å². The Balaban J connectivity index is 1.44. The van der Waals surface area contributed by atoms with E-state index in [1.165, 1.54) is 27.1 Å². The molecule has 3 heterocycles. The SMILES string of the molecule is Cc1nc2c([nH]1)-c1ccc(-c3ccc4c(c3)c3ccccc3c3nc(C(C)C)[nH]c43)cc1OC2. The van der Waals surface area contributed by atoms with Gasteiger partial charge in [-0.25, -0.2) is 9.97 Å². The van der Waals surface area contributed by atoms with Gasteiger partial charge < -0.3 is 14.7 Å². The number of nitrogens with one attached hydrogen (secondary N) is 2. The number of benzene rings is 4. The average Bonchev–Trinajstić information content (AvgIpc) is 3.47. The number of hydrogen-bond donors (Lipinski definition) is 2. The van der Waals surface area contributed by atoms with Crippen LogP contribution in [0.25, 0.3) is 55.0 Å². The fourth-order valence-electron chi connectivity index (χ4n) is 5.18. The molecule has 0 amide bonds. The Bertz CT molecular complexity index is 1760. The molecule has 0 radical (unpaired) electrons. The Morgan fingerprint density at radius 1 is 0.824 bits per heavy atom. The molecule has 5 heteroatoms. The van der Waals surface area contributed by atoms with E-state index < -0.39 is 0 Å². The Morgan fingerprint density at radius 3 is 2.47 bits per heavy atom. The lowest BCUT2D eigenvalue weighted by Crippen LogP contribution is -2.05. The average molecular weight is 445 g/mol. The Hall–Kier alpha value is -4.12. The molecule has 4 aromatic carbocycles. The molecule has 0 saturated carbocycles. The predicted molar refractivity (Wildman–Crippen MR) is 137 cm³/mol. The van der Waals surface area contributed by atoms with E-state index in [2.05, 4.69) is 89.5 Å². The van der Waals surface area contributed by atoms with Crippen LogP contribution in [-0.2, 0) is 6.61 Å². The van der Waals surface area contributed by atoms with Gasteiger partial charge in [-0.3, -0.25) is 0 Å². The molecule has 34 heavy (non-hydrogen) atoms. The highest BCUT2D eigenvalue weighted by molar-refractivity contribution is 6.23. The minimum Gasteiger partial charge on any atom is -0.486 e. The lowest BCUT2D eigenvalue weighted by atomic mass is 9.94. The van der Waals surface area contributed by atoms with E-state index in [1.807, 2.05) is 6.92 Å². The van der Waals surface area contributed by atoms with Crippen LogP contribution in [0, 0.1) is 6.92 Å². The Morgan fingerprint density at radius 2 is 1.62 bits per heavy atom. The van der Waals surface area contributed by atoms with E-state index in [-0.39, 0.29) is 0 Å². The summed E-state index contributed by atoms with van der Waals surface area (Å²) in [5.74, 6) is 3.18. The Labute approximate surface area is 196 Å². The minimum absolute atomic E-state index is 0.343. The molecule has 1 aliphatic rings. The highest BCUT2D eigenvalue weighted by Crippen LogP contribution is 2.41. The first-order valence-corrected chi connectivity index (χ1v) is 11.7. The number of aromatic nitrogens is 4. The summed E-state index contributed by atoms with van der Waals surface area (Å²) < 4.78 is 6.07. The van der Waals surface area contributed by atoms with Crippen molar-refractivity contribution in [1.82, 2.24) is 19.9 Å². The zero-order valence-corrected chi connectivity index (χ0v) is 19.4. The molecule has 6 aromatic rings. The minimum atomic E-state index is 0.343. The lowest BCUT2D eigenvalue weighted by Gasteiger charge is -2.18. The van der Waals surface area contributed by atoms with Crippen molar-refractivity contribution in [1.29, 1.82) is 0 Å². The molecule has 166 valence electrons. The second-order valence-electron chi connectivity index (χ2n) is 9.45. The smallest absolute Gasteiger partial charge is 0.132 e. The molecule has 0 fully saturated rings. The first-order chi connectivity index (χ1) is 16.6. The summed E-state index contributed by atoms with van der Waals surface area (Å²) >= 11 is 0. The van der Waals surface area contributed by atoms with E-state index in [4.69, 9.17) is 9.72 Å². The van der Waals surface area contributed by atoms with Gasteiger partial charge >= 0.3 is 0 Å². The molecule has 7 rings (SSSR count). The highest BCUT2D eigenvalue weighted by Gasteiger charge is 2.21. The maximum atomic E-state index is 6.07. The molecule has 0 atom stereocenters. The molecule has 5 nitrogen and oxygen atoms in total. The van der Waals surface area contributed by atoms with E-state index >= 15 is 0 Å². The lowest BCUT2D eigenvalue weighted by molar-refractivity contribution is 0.298. The van der Waals surface area contributed by atoms with Crippen molar-refractivity contribution in [2.24, 2.45) is 0 Å². The van der Waals surface area contributed by atoms with Crippen LogP contribution in [0.5, 0.6) is 5.75 Å². The van der Waals surface area contributed by atoms with Gasteiger partial charge in [0.05, 0.1) is 16.7 Å². The van der Waals surface area contributed by atoms with Gasteiger partial charge in [0.25, 0.3) is 0 Å². The van der Waals surface area contributed by atoms with Crippen LogP contribution in [0.3, 0.4) is 0 Å². The van der Waals surface area contributed by atoms with Crippen molar-refractivity contribution in [3.05, 3.63) is 78.0 Å². The first kappa shape index (κ1) is 19.4.